The fraction of sp³-hybridized carbons (Fsp3) is 0.909. The minimum atomic E-state index is -4.81. The van der Waals surface area contributed by atoms with Gasteiger partial charge >= 0.3 is 6.18 Å². The lowest BCUT2D eigenvalue weighted by Gasteiger charge is -2.40. The van der Waals surface area contributed by atoms with E-state index in [2.05, 4.69) is 4.99 Å². The number of alkyl halides is 3. The van der Waals surface area contributed by atoms with E-state index in [1.807, 2.05) is 0 Å². The molecule has 0 amide bonds. The van der Waals surface area contributed by atoms with Gasteiger partial charge in [-0.1, -0.05) is 11.8 Å². The third kappa shape index (κ3) is 2.76. The number of amidine groups is 1. The summed E-state index contributed by atoms with van der Waals surface area (Å²) >= 11 is 1.27. The van der Waals surface area contributed by atoms with E-state index in [0.717, 1.165) is 0 Å². The van der Waals surface area contributed by atoms with Crippen molar-refractivity contribution in [2.45, 2.75) is 42.2 Å². The molecular weight excluding hydrogens is 297 g/mol. The standard InChI is InChI=1S/C11H17F3N2O3S/c1-16(2)10-15-6-5(20-10)3-4(7(17)8(6)18)9(19)11(12,13)14/h4-9,17-19H,3H2,1-2H3/t4-,5+,6+,7-,8-,9?/m1/s1. The summed E-state index contributed by atoms with van der Waals surface area (Å²) in [6, 6.07) is -0.635. The van der Waals surface area contributed by atoms with Crippen LogP contribution in [0.2, 0.25) is 0 Å². The van der Waals surface area contributed by atoms with Gasteiger partial charge in [0.05, 0.1) is 12.1 Å². The molecule has 1 aliphatic carbocycles. The number of rotatable bonds is 1. The molecule has 0 aromatic heterocycles. The van der Waals surface area contributed by atoms with Crippen molar-refractivity contribution in [3.63, 3.8) is 0 Å². The van der Waals surface area contributed by atoms with Crippen LogP contribution in [-0.2, 0) is 0 Å². The number of hydrogen-bond donors (Lipinski definition) is 3. The zero-order valence-corrected chi connectivity index (χ0v) is 11.8. The number of fused-ring (bicyclic) bond motifs is 1. The molecule has 5 nitrogen and oxygen atoms in total. The third-order valence-corrected chi connectivity index (χ3v) is 5.12. The Morgan fingerprint density at radius 2 is 1.90 bits per heavy atom. The van der Waals surface area contributed by atoms with Crippen molar-refractivity contribution in [3.8, 4) is 0 Å². The molecule has 0 aromatic carbocycles. The molecule has 1 fully saturated rings. The lowest BCUT2D eigenvalue weighted by atomic mass is 9.78. The predicted octanol–water partition coefficient (Wildman–Crippen LogP) is 0.0529. The summed E-state index contributed by atoms with van der Waals surface area (Å²) in [6.07, 6.45) is -10.5. The Balaban J connectivity index is 2.17. The highest BCUT2D eigenvalue weighted by Crippen LogP contribution is 2.43. The SMILES string of the molecule is CN(C)C1=N[C@@H]2[C@@H](O)[C@H](O)[C@H](C(O)C(F)(F)F)C[C@@H]2S1. The summed E-state index contributed by atoms with van der Waals surface area (Å²) in [4.78, 5) is 5.94. The van der Waals surface area contributed by atoms with Crippen LogP contribution in [0.1, 0.15) is 6.42 Å². The van der Waals surface area contributed by atoms with Gasteiger partial charge in [-0.15, -0.1) is 0 Å². The van der Waals surface area contributed by atoms with Gasteiger partial charge in [0.15, 0.2) is 11.3 Å². The van der Waals surface area contributed by atoms with Crippen LogP contribution in [0.5, 0.6) is 0 Å². The largest absolute Gasteiger partial charge is 0.414 e. The van der Waals surface area contributed by atoms with Gasteiger partial charge in [-0.2, -0.15) is 13.2 Å². The van der Waals surface area contributed by atoms with Crippen LogP contribution in [0.15, 0.2) is 4.99 Å². The minimum Gasteiger partial charge on any atom is -0.390 e. The lowest BCUT2D eigenvalue weighted by molar-refractivity contribution is -0.238. The van der Waals surface area contributed by atoms with Crippen LogP contribution in [0.4, 0.5) is 13.2 Å². The van der Waals surface area contributed by atoms with Crippen molar-refractivity contribution in [2.75, 3.05) is 14.1 Å². The molecule has 2 rings (SSSR count). The zero-order chi connectivity index (χ0) is 15.2. The summed E-state index contributed by atoms with van der Waals surface area (Å²) in [6.45, 7) is 0. The van der Waals surface area contributed by atoms with Gasteiger partial charge in [-0.3, -0.25) is 4.99 Å². The molecule has 1 unspecified atom stereocenters. The van der Waals surface area contributed by atoms with E-state index in [0.29, 0.717) is 5.17 Å². The van der Waals surface area contributed by atoms with Crippen LogP contribution in [-0.4, -0.2) is 75.3 Å². The number of aliphatic hydroxyl groups excluding tert-OH is 3. The molecular formula is C11H17F3N2O3S. The van der Waals surface area contributed by atoms with E-state index < -0.39 is 36.4 Å². The molecule has 1 saturated carbocycles. The van der Waals surface area contributed by atoms with E-state index in [1.54, 1.807) is 19.0 Å². The molecule has 1 heterocycles. The Hall–Kier alpha value is -0.510. The van der Waals surface area contributed by atoms with Crippen LogP contribution < -0.4 is 0 Å². The van der Waals surface area contributed by atoms with Crippen LogP contribution >= 0.6 is 11.8 Å². The van der Waals surface area contributed by atoms with Crippen LogP contribution in [0, 0.1) is 5.92 Å². The highest BCUT2D eigenvalue weighted by atomic mass is 32.2. The molecule has 3 N–H and O–H groups in total. The number of aliphatic hydroxyl groups is 3. The number of halogens is 3. The number of hydrogen-bond acceptors (Lipinski definition) is 6. The minimum absolute atomic E-state index is 0.0466. The van der Waals surface area contributed by atoms with E-state index in [1.165, 1.54) is 11.8 Å². The highest BCUT2D eigenvalue weighted by Gasteiger charge is 2.54. The monoisotopic (exact) mass is 314 g/mol. The van der Waals surface area contributed by atoms with E-state index in [9.17, 15) is 28.5 Å². The second kappa shape index (κ2) is 5.36. The van der Waals surface area contributed by atoms with Gasteiger partial charge in [-0.05, 0) is 6.42 Å². The first-order chi connectivity index (χ1) is 9.12. The first-order valence-corrected chi connectivity index (χ1v) is 7.03. The summed E-state index contributed by atoms with van der Waals surface area (Å²) < 4.78 is 37.8. The highest BCUT2D eigenvalue weighted by molar-refractivity contribution is 8.14. The second-order valence-corrected chi connectivity index (χ2v) is 6.53. The van der Waals surface area contributed by atoms with E-state index in [-0.39, 0.29) is 11.7 Å². The molecule has 0 spiro atoms. The molecule has 0 aromatic rings. The Kier molecular flexibility index (Phi) is 4.25. The number of aliphatic imine (C=N–C) groups is 1. The average molecular weight is 314 g/mol. The Morgan fingerprint density at radius 3 is 2.40 bits per heavy atom. The van der Waals surface area contributed by atoms with Crippen LogP contribution in [0.3, 0.4) is 0 Å². The zero-order valence-electron chi connectivity index (χ0n) is 10.9. The molecule has 116 valence electrons. The van der Waals surface area contributed by atoms with Gasteiger partial charge in [-0.25, -0.2) is 0 Å². The van der Waals surface area contributed by atoms with Gasteiger partial charge < -0.3 is 20.2 Å². The Labute approximate surface area is 118 Å². The van der Waals surface area contributed by atoms with Gasteiger partial charge in [0.2, 0.25) is 0 Å². The smallest absolute Gasteiger partial charge is 0.390 e. The first kappa shape index (κ1) is 15.9. The molecule has 2 aliphatic rings. The first-order valence-electron chi connectivity index (χ1n) is 6.15. The van der Waals surface area contributed by atoms with Gasteiger partial charge in [0.25, 0.3) is 0 Å². The van der Waals surface area contributed by atoms with Crippen molar-refractivity contribution in [1.82, 2.24) is 4.90 Å². The Bertz CT molecular complexity index is 405. The van der Waals surface area contributed by atoms with Crippen molar-refractivity contribution < 1.29 is 28.5 Å². The molecule has 6 atom stereocenters. The maximum Gasteiger partial charge on any atom is 0.414 e. The number of nitrogens with zero attached hydrogens (tertiary/aromatic N) is 2. The van der Waals surface area contributed by atoms with E-state index >= 15 is 0 Å². The third-order valence-electron chi connectivity index (χ3n) is 3.66. The quantitative estimate of drug-likeness (QED) is 0.638. The molecule has 0 radical (unpaired) electrons. The average Bonchev–Trinajstić information content (AvgIpc) is 2.76. The van der Waals surface area contributed by atoms with Crippen LogP contribution in [0.25, 0.3) is 0 Å². The van der Waals surface area contributed by atoms with Crippen molar-refractivity contribution in [2.24, 2.45) is 10.9 Å². The van der Waals surface area contributed by atoms with Crippen molar-refractivity contribution in [1.29, 1.82) is 0 Å². The molecule has 1 aliphatic heterocycles. The topological polar surface area (TPSA) is 76.3 Å². The lowest BCUT2D eigenvalue weighted by Crippen LogP contribution is -2.56. The molecule has 20 heavy (non-hydrogen) atoms. The van der Waals surface area contributed by atoms with E-state index in [4.69, 9.17) is 0 Å². The number of thioether (sulfide) groups is 1. The second-order valence-electron chi connectivity index (χ2n) is 5.32. The fourth-order valence-corrected chi connectivity index (χ4v) is 3.92. The predicted molar refractivity (Wildman–Crippen MR) is 68.5 cm³/mol. The van der Waals surface area contributed by atoms with Gasteiger partial charge in [0.1, 0.15) is 6.10 Å². The summed E-state index contributed by atoms with van der Waals surface area (Å²) in [5.41, 5.74) is 0. The molecule has 0 saturated heterocycles. The maximum absolute atomic E-state index is 12.6. The Morgan fingerprint density at radius 1 is 1.30 bits per heavy atom. The fourth-order valence-electron chi connectivity index (χ4n) is 2.57. The maximum atomic E-state index is 12.6. The van der Waals surface area contributed by atoms with Crippen molar-refractivity contribution in [3.05, 3.63) is 0 Å². The van der Waals surface area contributed by atoms with Crippen molar-refractivity contribution >= 4 is 16.9 Å². The summed E-state index contributed by atoms with van der Waals surface area (Å²) in [5, 5.41) is 29.4. The summed E-state index contributed by atoms with van der Waals surface area (Å²) in [5.74, 6) is -1.43. The molecule has 0 bridgehead atoms. The molecule has 9 heteroatoms. The summed E-state index contributed by atoms with van der Waals surface area (Å²) in [7, 11) is 3.49. The van der Waals surface area contributed by atoms with Gasteiger partial charge in [0, 0.05) is 25.3 Å². The normalized spacial score (nSPS) is 39.2.